The molecule has 0 spiro atoms. The quantitative estimate of drug-likeness (QED) is 0.791. The fourth-order valence-corrected chi connectivity index (χ4v) is 0.988. The van der Waals surface area contributed by atoms with Crippen molar-refractivity contribution >= 4 is 6.41 Å². The lowest BCUT2D eigenvalue weighted by Crippen LogP contribution is -2.17. The number of alkyl halides is 3. The van der Waals surface area contributed by atoms with Crippen LogP contribution in [-0.4, -0.2) is 11.4 Å². The van der Waals surface area contributed by atoms with Crippen LogP contribution in [0, 0.1) is 0 Å². The number of hydrogen-bond acceptors (Lipinski definition) is 2. The van der Waals surface area contributed by atoms with Gasteiger partial charge in [-0.3, -0.25) is 9.78 Å². The molecular weight excluding hydrogens is 209 g/mol. The molecule has 0 aliphatic heterocycles. The smallest absolute Gasteiger partial charge is 0.355 e. The van der Waals surface area contributed by atoms with E-state index in [1.165, 1.54) is 12.1 Å². The van der Waals surface area contributed by atoms with E-state index in [-0.39, 0.29) is 19.5 Å². The van der Waals surface area contributed by atoms with Gasteiger partial charge in [-0.05, 0) is 6.07 Å². The maximum Gasteiger partial charge on any atom is 0.433 e. The Morgan fingerprint density at radius 1 is 1.47 bits per heavy atom. The van der Waals surface area contributed by atoms with Gasteiger partial charge in [0, 0.05) is 18.3 Å². The number of carbonyl (C=O) groups is 1. The van der Waals surface area contributed by atoms with E-state index in [1.807, 2.05) is 0 Å². The third kappa shape index (κ3) is 3.57. The first-order chi connectivity index (χ1) is 6.55. The zero-order valence-corrected chi connectivity index (χ0v) is 7.01. The number of carbonyl (C=O) groups excluding carboxylic acids is 1. The van der Waals surface area contributed by atoms with Gasteiger partial charge in [-0.15, -0.1) is 0 Å². The van der Waals surface area contributed by atoms with E-state index >= 15 is 0 Å². The van der Waals surface area contributed by atoms with Crippen LogP contribution >= 0.6 is 0 Å². The number of nitrogens with one attached hydrogen (secondary N) is 1. The summed E-state index contributed by atoms with van der Waals surface area (Å²) < 4.78 is 36.9. The van der Waals surface area contributed by atoms with Gasteiger partial charge in [0.15, 0.2) is 0 Å². The summed E-state index contributed by atoms with van der Waals surface area (Å²) in [6.45, 7) is -0.174. The lowest BCUT2D eigenvalue weighted by molar-refractivity contribution is -0.142. The van der Waals surface area contributed by atoms with Crippen molar-refractivity contribution in [2.24, 2.45) is 0 Å². The molecule has 0 fully saturated rings. The summed E-state index contributed by atoms with van der Waals surface area (Å²) in [5, 5.41) is 2.16. The Morgan fingerprint density at radius 3 is 2.67 bits per heavy atom. The molecule has 1 amide bonds. The molecule has 84 valence electrons. The van der Waals surface area contributed by atoms with E-state index < -0.39 is 11.9 Å². The van der Waals surface area contributed by atoms with Gasteiger partial charge in [0.05, 0.1) is 0 Å². The monoisotopic (exact) mass is 220 g/mol. The van der Waals surface area contributed by atoms with Gasteiger partial charge in [0.2, 0.25) is 6.41 Å². The van der Waals surface area contributed by atoms with Crippen molar-refractivity contribution in [3.63, 3.8) is 0 Å². The molecule has 0 bridgehead atoms. The molecule has 0 saturated heterocycles. The number of pyridine rings is 1. The molecule has 3 nitrogen and oxygen atoms in total. The highest BCUT2D eigenvalue weighted by Crippen LogP contribution is 2.29. The Hall–Kier alpha value is -1.59. The van der Waals surface area contributed by atoms with Crippen molar-refractivity contribution in [2.45, 2.75) is 20.1 Å². The molecule has 1 aromatic heterocycles. The molecule has 0 unspecified atom stereocenters. The highest BCUT2D eigenvalue weighted by Gasteiger charge is 2.34. The average molecular weight is 220 g/mol. The predicted molar refractivity (Wildman–Crippen MR) is 48.9 cm³/mol. The number of hydrogen-bond donors (Lipinski definition) is 1. The van der Waals surface area contributed by atoms with Gasteiger partial charge in [-0.2, -0.15) is 13.2 Å². The molecule has 1 aromatic rings. The first-order valence-electron chi connectivity index (χ1n) is 3.74. The lowest BCUT2D eigenvalue weighted by Gasteiger charge is -2.10. The minimum Gasteiger partial charge on any atom is -0.355 e. The molecule has 1 rings (SSSR count). The van der Waals surface area contributed by atoms with Crippen LogP contribution in [0.5, 0.6) is 0 Å². The van der Waals surface area contributed by atoms with Crippen LogP contribution < -0.4 is 5.32 Å². The van der Waals surface area contributed by atoms with Crippen molar-refractivity contribution in [3.8, 4) is 0 Å². The molecule has 1 heterocycles. The van der Waals surface area contributed by atoms with Crippen molar-refractivity contribution < 1.29 is 18.0 Å². The maximum atomic E-state index is 12.3. The van der Waals surface area contributed by atoms with Crippen LogP contribution in [-0.2, 0) is 17.5 Å². The van der Waals surface area contributed by atoms with Gasteiger partial charge in [-0.25, -0.2) is 0 Å². The Morgan fingerprint density at radius 2 is 2.13 bits per heavy atom. The molecule has 0 aromatic carbocycles. The number of rotatable bonds is 3. The summed E-state index contributed by atoms with van der Waals surface area (Å²) in [6.07, 6.45) is -3.08. The zero-order chi connectivity index (χ0) is 10.6. The fourth-order valence-electron chi connectivity index (χ4n) is 0.988. The lowest BCUT2D eigenvalue weighted by atomic mass is 10.2. The third-order valence-corrected chi connectivity index (χ3v) is 1.54. The maximum absolute atomic E-state index is 12.3. The van der Waals surface area contributed by atoms with Gasteiger partial charge >= 0.3 is 6.18 Å². The predicted octanol–water partition coefficient (Wildman–Crippen LogP) is 1.98. The summed E-state index contributed by atoms with van der Waals surface area (Å²) >= 11 is 0. The molecule has 0 aliphatic carbocycles. The molecule has 0 saturated carbocycles. The molecular formula is C9H11F3N2O. The van der Waals surface area contributed by atoms with E-state index in [0.29, 0.717) is 6.41 Å². The van der Waals surface area contributed by atoms with Gasteiger partial charge in [-0.1, -0.05) is 13.5 Å². The SMILES string of the molecule is C.O=CNCc1cccnc1C(F)(F)F. The summed E-state index contributed by atoms with van der Waals surface area (Å²) in [6, 6.07) is 2.66. The van der Waals surface area contributed by atoms with Crippen LogP contribution in [0.1, 0.15) is 18.7 Å². The molecule has 6 heteroatoms. The minimum atomic E-state index is -4.48. The van der Waals surface area contributed by atoms with Crippen LogP contribution in [0.3, 0.4) is 0 Å². The fraction of sp³-hybridized carbons (Fsp3) is 0.333. The normalized spacial score (nSPS) is 10.3. The van der Waals surface area contributed by atoms with Crippen LogP contribution in [0.15, 0.2) is 18.3 Å². The molecule has 1 N–H and O–H groups in total. The number of amides is 1. The van der Waals surface area contributed by atoms with Crippen molar-refractivity contribution in [2.75, 3.05) is 0 Å². The summed E-state index contributed by atoms with van der Waals surface area (Å²) in [5.41, 5.74) is -1.01. The second kappa shape index (κ2) is 5.33. The Labute approximate surface area is 85.3 Å². The van der Waals surface area contributed by atoms with Crippen LogP contribution in [0.2, 0.25) is 0 Å². The van der Waals surface area contributed by atoms with E-state index in [0.717, 1.165) is 6.20 Å². The minimum absolute atomic E-state index is 0. The Balaban J connectivity index is 0.00000196. The number of halogens is 3. The molecule has 0 aliphatic rings. The van der Waals surface area contributed by atoms with Crippen LogP contribution in [0.25, 0.3) is 0 Å². The summed E-state index contributed by atoms with van der Waals surface area (Å²) in [7, 11) is 0. The van der Waals surface area contributed by atoms with E-state index in [1.54, 1.807) is 0 Å². The van der Waals surface area contributed by atoms with Crippen molar-refractivity contribution in [1.29, 1.82) is 0 Å². The topological polar surface area (TPSA) is 42.0 Å². The third-order valence-electron chi connectivity index (χ3n) is 1.54. The number of aromatic nitrogens is 1. The van der Waals surface area contributed by atoms with Crippen LogP contribution in [0.4, 0.5) is 13.2 Å². The largest absolute Gasteiger partial charge is 0.433 e. The average Bonchev–Trinajstić information content (AvgIpc) is 2.14. The number of nitrogens with zero attached hydrogens (tertiary/aromatic N) is 1. The van der Waals surface area contributed by atoms with Gasteiger partial charge in [0.1, 0.15) is 5.69 Å². The highest BCUT2D eigenvalue weighted by molar-refractivity contribution is 5.46. The van der Waals surface area contributed by atoms with Gasteiger partial charge < -0.3 is 5.32 Å². The van der Waals surface area contributed by atoms with E-state index in [9.17, 15) is 18.0 Å². The van der Waals surface area contributed by atoms with Crippen molar-refractivity contribution in [3.05, 3.63) is 29.6 Å². The first kappa shape index (κ1) is 13.4. The Kier molecular flexibility index (Phi) is 4.77. The molecule has 0 radical (unpaired) electrons. The molecule has 0 atom stereocenters. The van der Waals surface area contributed by atoms with Crippen molar-refractivity contribution in [1.82, 2.24) is 10.3 Å². The second-order valence-corrected chi connectivity index (χ2v) is 2.51. The van der Waals surface area contributed by atoms with E-state index in [2.05, 4.69) is 10.3 Å². The first-order valence-corrected chi connectivity index (χ1v) is 3.74. The summed E-state index contributed by atoms with van der Waals surface area (Å²) in [5.74, 6) is 0. The summed E-state index contributed by atoms with van der Waals surface area (Å²) in [4.78, 5) is 13.1. The standard InChI is InChI=1S/C8H7F3N2O.CH4/c9-8(10,11)7-6(4-12-5-14)2-1-3-13-7;/h1-3,5H,4H2,(H,12,14);1H4. The Bertz CT molecular complexity index is 325. The molecule has 15 heavy (non-hydrogen) atoms. The van der Waals surface area contributed by atoms with E-state index in [4.69, 9.17) is 0 Å². The zero-order valence-electron chi connectivity index (χ0n) is 7.01. The highest BCUT2D eigenvalue weighted by atomic mass is 19.4. The van der Waals surface area contributed by atoms with Gasteiger partial charge in [0.25, 0.3) is 0 Å². The second-order valence-electron chi connectivity index (χ2n) is 2.51.